The third-order valence-corrected chi connectivity index (χ3v) is 3.87. The largest absolute Gasteiger partial charge is 0.390 e. The molecule has 2 heterocycles. The molecular weight excluding hydrogens is 318 g/mol. The van der Waals surface area contributed by atoms with E-state index in [1.807, 2.05) is 38.1 Å². The zero-order chi connectivity index (χ0) is 17.6. The summed E-state index contributed by atoms with van der Waals surface area (Å²) in [6.45, 7) is 4.61. The van der Waals surface area contributed by atoms with Crippen LogP contribution in [0, 0.1) is 13.8 Å². The lowest BCUT2D eigenvalue weighted by molar-refractivity contribution is 0.0865. The van der Waals surface area contributed by atoms with E-state index in [1.54, 1.807) is 12.3 Å². The van der Waals surface area contributed by atoms with Gasteiger partial charge in [0.2, 0.25) is 0 Å². The Morgan fingerprint density at radius 1 is 1.20 bits per heavy atom. The van der Waals surface area contributed by atoms with Crippen molar-refractivity contribution in [2.45, 2.75) is 32.9 Å². The summed E-state index contributed by atoms with van der Waals surface area (Å²) < 4.78 is 0. The number of aromatic nitrogens is 2. The Morgan fingerprint density at radius 2 is 2.00 bits per heavy atom. The molecule has 0 saturated heterocycles. The molecule has 1 atom stereocenters. The molecule has 2 N–H and O–H groups in total. The Kier molecular flexibility index (Phi) is 5.23. The summed E-state index contributed by atoms with van der Waals surface area (Å²) in [5.41, 5.74) is 3.93. The standard InChI is InChI=1S/C18H21N5O2/c1-12-3-5-14(6-4-12)17-9-16(25-23-17)11-21-18(24)20-10-15-7-8-19-13(2)22-15/h3-8,16H,9-11H2,1-2H3,(H2,20,21,24)/t16-/m0/s1. The van der Waals surface area contributed by atoms with E-state index < -0.39 is 0 Å². The van der Waals surface area contributed by atoms with Gasteiger partial charge in [0.1, 0.15) is 5.82 Å². The summed E-state index contributed by atoms with van der Waals surface area (Å²) in [6, 6.07) is 9.67. The first-order valence-corrected chi connectivity index (χ1v) is 8.20. The molecule has 0 radical (unpaired) electrons. The number of benzene rings is 1. The van der Waals surface area contributed by atoms with Crippen LogP contribution in [0.3, 0.4) is 0 Å². The van der Waals surface area contributed by atoms with Gasteiger partial charge in [0.15, 0.2) is 6.10 Å². The average Bonchev–Trinajstić information content (AvgIpc) is 3.08. The molecular formula is C18H21N5O2. The Hall–Kier alpha value is -2.96. The number of nitrogens with zero attached hydrogens (tertiary/aromatic N) is 3. The van der Waals surface area contributed by atoms with E-state index in [0.29, 0.717) is 25.3 Å². The van der Waals surface area contributed by atoms with Gasteiger partial charge in [0.05, 0.1) is 24.5 Å². The van der Waals surface area contributed by atoms with Crippen LogP contribution in [-0.4, -0.2) is 34.4 Å². The molecule has 1 aromatic heterocycles. The van der Waals surface area contributed by atoms with Crippen LogP contribution in [-0.2, 0) is 11.4 Å². The van der Waals surface area contributed by atoms with Crippen LogP contribution >= 0.6 is 0 Å². The molecule has 0 spiro atoms. The van der Waals surface area contributed by atoms with E-state index in [4.69, 9.17) is 4.84 Å². The van der Waals surface area contributed by atoms with Crippen LogP contribution in [0.25, 0.3) is 0 Å². The van der Waals surface area contributed by atoms with Crippen molar-refractivity contribution in [1.29, 1.82) is 0 Å². The third-order valence-electron chi connectivity index (χ3n) is 3.87. The van der Waals surface area contributed by atoms with Crippen molar-refractivity contribution in [1.82, 2.24) is 20.6 Å². The zero-order valence-electron chi connectivity index (χ0n) is 14.3. The minimum atomic E-state index is -0.261. The highest BCUT2D eigenvalue weighted by molar-refractivity contribution is 6.01. The molecule has 3 rings (SSSR count). The molecule has 1 aliphatic heterocycles. The fraction of sp³-hybridized carbons (Fsp3) is 0.333. The van der Waals surface area contributed by atoms with E-state index >= 15 is 0 Å². The number of carbonyl (C=O) groups is 1. The summed E-state index contributed by atoms with van der Waals surface area (Å²) in [6.07, 6.45) is 2.20. The van der Waals surface area contributed by atoms with Gasteiger partial charge in [-0.05, 0) is 25.5 Å². The number of carbonyl (C=O) groups excluding carboxylic acids is 1. The molecule has 0 fully saturated rings. The maximum absolute atomic E-state index is 11.9. The Morgan fingerprint density at radius 3 is 2.76 bits per heavy atom. The van der Waals surface area contributed by atoms with Crippen molar-refractivity contribution in [3.05, 3.63) is 59.2 Å². The summed E-state index contributed by atoms with van der Waals surface area (Å²) >= 11 is 0. The highest BCUT2D eigenvalue weighted by Gasteiger charge is 2.22. The van der Waals surface area contributed by atoms with E-state index in [0.717, 1.165) is 17.0 Å². The van der Waals surface area contributed by atoms with Crippen LogP contribution in [0.5, 0.6) is 0 Å². The first-order chi connectivity index (χ1) is 12.1. The van der Waals surface area contributed by atoms with E-state index in [-0.39, 0.29) is 12.1 Å². The highest BCUT2D eigenvalue weighted by atomic mass is 16.6. The summed E-state index contributed by atoms with van der Waals surface area (Å²) in [4.78, 5) is 25.6. The number of nitrogens with one attached hydrogen (secondary N) is 2. The normalized spacial score (nSPS) is 16.1. The van der Waals surface area contributed by atoms with Gasteiger partial charge >= 0.3 is 6.03 Å². The van der Waals surface area contributed by atoms with Crippen molar-refractivity contribution in [3.8, 4) is 0 Å². The van der Waals surface area contributed by atoms with Crippen LogP contribution in [0.1, 0.15) is 29.1 Å². The van der Waals surface area contributed by atoms with Gasteiger partial charge in [0.25, 0.3) is 0 Å². The van der Waals surface area contributed by atoms with Gasteiger partial charge in [-0.15, -0.1) is 0 Å². The molecule has 0 bridgehead atoms. The number of rotatable bonds is 5. The first-order valence-electron chi connectivity index (χ1n) is 8.20. The lowest BCUT2D eigenvalue weighted by Gasteiger charge is -2.11. The molecule has 2 amide bonds. The van der Waals surface area contributed by atoms with Crippen molar-refractivity contribution < 1.29 is 9.63 Å². The number of urea groups is 1. The fourth-order valence-electron chi connectivity index (χ4n) is 2.50. The molecule has 0 saturated carbocycles. The lowest BCUT2D eigenvalue weighted by Crippen LogP contribution is -2.39. The molecule has 2 aromatic rings. The van der Waals surface area contributed by atoms with Crippen LogP contribution in [0.15, 0.2) is 41.7 Å². The van der Waals surface area contributed by atoms with Crippen molar-refractivity contribution >= 4 is 11.7 Å². The van der Waals surface area contributed by atoms with Crippen molar-refractivity contribution in [2.75, 3.05) is 6.54 Å². The predicted molar refractivity (Wildman–Crippen MR) is 94.2 cm³/mol. The van der Waals surface area contributed by atoms with Crippen LogP contribution in [0.2, 0.25) is 0 Å². The molecule has 0 aliphatic carbocycles. The second-order valence-electron chi connectivity index (χ2n) is 5.99. The summed E-state index contributed by atoms with van der Waals surface area (Å²) in [5, 5.41) is 9.69. The van der Waals surface area contributed by atoms with Gasteiger partial charge in [-0.3, -0.25) is 0 Å². The molecule has 1 aliphatic rings. The van der Waals surface area contributed by atoms with Gasteiger partial charge in [-0.2, -0.15) is 0 Å². The monoisotopic (exact) mass is 339 g/mol. The quantitative estimate of drug-likeness (QED) is 0.873. The molecule has 130 valence electrons. The lowest BCUT2D eigenvalue weighted by atomic mass is 10.0. The number of amides is 2. The summed E-state index contributed by atoms with van der Waals surface area (Å²) in [5.74, 6) is 0.680. The number of hydrogen-bond acceptors (Lipinski definition) is 5. The topological polar surface area (TPSA) is 88.5 Å². The molecule has 25 heavy (non-hydrogen) atoms. The Labute approximate surface area is 146 Å². The van der Waals surface area contributed by atoms with Gasteiger partial charge < -0.3 is 15.5 Å². The van der Waals surface area contributed by atoms with Crippen molar-refractivity contribution in [3.63, 3.8) is 0 Å². The average molecular weight is 339 g/mol. The van der Waals surface area contributed by atoms with Gasteiger partial charge in [-0.1, -0.05) is 35.0 Å². The second-order valence-corrected chi connectivity index (χ2v) is 5.99. The molecule has 0 unspecified atom stereocenters. The third kappa shape index (κ3) is 4.76. The van der Waals surface area contributed by atoms with Crippen molar-refractivity contribution in [2.24, 2.45) is 5.16 Å². The maximum Gasteiger partial charge on any atom is 0.315 e. The smallest absolute Gasteiger partial charge is 0.315 e. The van der Waals surface area contributed by atoms with Crippen LogP contribution < -0.4 is 10.6 Å². The number of hydrogen-bond donors (Lipinski definition) is 2. The minimum Gasteiger partial charge on any atom is -0.390 e. The Bertz CT molecular complexity index is 773. The first kappa shape index (κ1) is 16.9. The number of oxime groups is 1. The van der Waals surface area contributed by atoms with Gasteiger partial charge in [0, 0.05) is 12.6 Å². The number of aryl methyl sites for hydroxylation is 2. The van der Waals surface area contributed by atoms with Gasteiger partial charge in [-0.25, -0.2) is 14.8 Å². The zero-order valence-corrected chi connectivity index (χ0v) is 14.3. The van der Waals surface area contributed by atoms with E-state index in [1.165, 1.54) is 5.56 Å². The Balaban J connectivity index is 1.41. The van der Waals surface area contributed by atoms with Crippen LogP contribution in [0.4, 0.5) is 4.79 Å². The fourth-order valence-corrected chi connectivity index (χ4v) is 2.50. The predicted octanol–water partition coefficient (Wildman–Crippen LogP) is 2.09. The molecule has 7 nitrogen and oxygen atoms in total. The SMILES string of the molecule is Cc1ccc(C2=NO[C@H](CNC(=O)NCc3ccnc(C)n3)C2)cc1. The second kappa shape index (κ2) is 7.74. The molecule has 7 heteroatoms. The minimum absolute atomic E-state index is 0.150. The summed E-state index contributed by atoms with van der Waals surface area (Å²) in [7, 11) is 0. The highest BCUT2D eigenvalue weighted by Crippen LogP contribution is 2.16. The van der Waals surface area contributed by atoms with E-state index in [2.05, 4.69) is 25.8 Å². The molecule has 1 aromatic carbocycles. The van der Waals surface area contributed by atoms with E-state index in [9.17, 15) is 4.79 Å². The maximum atomic E-state index is 11.9.